The lowest BCUT2D eigenvalue weighted by Crippen LogP contribution is -2.28. The molecule has 0 aliphatic carbocycles. The van der Waals surface area contributed by atoms with Gasteiger partial charge in [-0.05, 0) is 35.4 Å². The number of nitrogens with zero attached hydrogens (tertiary/aromatic N) is 1. The van der Waals surface area contributed by atoms with E-state index in [0.29, 0.717) is 16.5 Å². The highest BCUT2D eigenvalue weighted by Crippen LogP contribution is 2.46. The predicted octanol–water partition coefficient (Wildman–Crippen LogP) is 3.85. The van der Waals surface area contributed by atoms with Crippen LogP contribution in [0.4, 0.5) is 5.69 Å². The van der Waals surface area contributed by atoms with Crippen LogP contribution in [0.3, 0.4) is 0 Å². The molecule has 2 N–H and O–H groups in total. The normalized spacial score (nSPS) is 17.3. The standard InChI is InChI=1S/C24H17N3O3/c28-12-14-4-1-6-16(10-14)20-22(17-7-2-5-15(11-17)13-29)25-19-9-3-8-18-21(19)23(20)26-27-24(18)30/h1-13,20,22,25H,(H,27,30). The first-order valence-corrected chi connectivity index (χ1v) is 9.57. The van der Waals surface area contributed by atoms with Gasteiger partial charge in [-0.15, -0.1) is 0 Å². The second-order valence-electron chi connectivity index (χ2n) is 7.34. The molecule has 30 heavy (non-hydrogen) atoms. The van der Waals surface area contributed by atoms with Gasteiger partial charge >= 0.3 is 0 Å². The second kappa shape index (κ2) is 7.08. The van der Waals surface area contributed by atoms with Gasteiger partial charge < -0.3 is 5.32 Å². The van der Waals surface area contributed by atoms with Crippen LogP contribution in [0.1, 0.15) is 49.5 Å². The van der Waals surface area contributed by atoms with Gasteiger partial charge in [0.15, 0.2) is 0 Å². The van der Waals surface area contributed by atoms with Gasteiger partial charge in [0.25, 0.3) is 5.56 Å². The van der Waals surface area contributed by atoms with Gasteiger partial charge in [-0.1, -0.05) is 42.5 Å². The van der Waals surface area contributed by atoms with Crippen LogP contribution in [0.15, 0.2) is 71.5 Å². The van der Waals surface area contributed by atoms with Crippen LogP contribution in [0.5, 0.6) is 0 Å². The van der Waals surface area contributed by atoms with E-state index in [1.54, 1.807) is 18.2 Å². The number of rotatable bonds is 4. The molecule has 5 rings (SSSR count). The van der Waals surface area contributed by atoms with Crippen molar-refractivity contribution in [1.29, 1.82) is 0 Å². The van der Waals surface area contributed by atoms with Crippen molar-refractivity contribution in [3.05, 3.63) is 105 Å². The van der Waals surface area contributed by atoms with Crippen molar-refractivity contribution >= 4 is 29.0 Å². The van der Waals surface area contributed by atoms with Crippen molar-refractivity contribution in [3.63, 3.8) is 0 Å². The zero-order valence-electron chi connectivity index (χ0n) is 15.8. The van der Waals surface area contributed by atoms with E-state index in [1.165, 1.54) is 0 Å². The molecule has 6 heteroatoms. The number of hydrogen-bond acceptors (Lipinski definition) is 5. The number of aromatic amines is 1. The minimum atomic E-state index is -0.277. The molecule has 0 saturated carbocycles. The number of carbonyl (C=O) groups excluding carboxylic acids is 2. The van der Waals surface area contributed by atoms with Gasteiger partial charge in [-0.3, -0.25) is 14.4 Å². The Morgan fingerprint density at radius 2 is 1.50 bits per heavy atom. The topological polar surface area (TPSA) is 91.9 Å². The molecule has 146 valence electrons. The molecule has 3 aromatic carbocycles. The van der Waals surface area contributed by atoms with E-state index >= 15 is 0 Å². The van der Waals surface area contributed by atoms with E-state index in [4.69, 9.17) is 0 Å². The third-order valence-electron chi connectivity index (χ3n) is 5.59. The van der Waals surface area contributed by atoms with E-state index in [-0.39, 0.29) is 17.5 Å². The third-order valence-corrected chi connectivity index (χ3v) is 5.59. The second-order valence-corrected chi connectivity index (χ2v) is 7.34. The first-order valence-electron chi connectivity index (χ1n) is 9.57. The van der Waals surface area contributed by atoms with Crippen LogP contribution in [-0.4, -0.2) is 22.8 Å². The number of aldehydes is 2. The molecule has 0 amide bonds. The summed E-state index contributed by atoms with van der Waals surface area (Å²) in [7, 11) is 0. The Labute approximate surface area is 171 Å². The molecule has 2 heterocycles. The van der Waals surface area contributed by atoms with Crippen LogP contribution in [0.2, 0.25) is 0 Å². The lowest BCUT2D eigenvalue weighted by atomic mass is 9.79. The summed E-state index contributed by atoms with van der Waals surface area (Å²) < 4.78 is 0. The molecule has 6 nitrogen and oxygen atoms in total. The molecule has 1 aromatic heterocycles. The molecule has 1 aliphatic heterocycles. The van der Waals surface area contributed by atoms with Gasteiger partial charge in [-0.2, -0.15) is 5.10 Å². The Morgan fingerprint density at radius 3 is 2.23 bits per heavy atom. The number of anilines is 1. The summed E-state index contributed by atoms with van der Waals surface area (Å²) in [5, 5.41) is 11.9. The highest BCUT2D eigenvalue weighted by Gasteiger charge is 2.35. The number of hydrogen-bond donors (Lipinski definition) is 2. The molecule has 0 saturated heterocycles. The fourth-order valence-electron chi connectivity index (χ4n) is 4.28. The summed E-state index contributed by atoms with van der Waals surface area (Å²) in [4.78, 5) is 35.1. The van der Waals surface area contributed by atoms with Gasteiger partial charge in [0, 0.05) is 22.2 Å². The average molecular weight is 395 g/mol. The van der Waals surface area contributed by atoms with E-state index in [9.17, 15) is 14.4 Å². The molecular formula is C24H17N3O3. The summed E-state index contributed by atoms with van der Waals surface area (Å²) >= 11 is 0. The number of nitrogens with one attached hydrogen (secondary N) is 2. The molecule has 0 radical (unpaired) electrons. The summed E-state index contributed by atoms with van der Waals surface area (Å²) in [5.41, 5.74) is 4.23. The SMILES string of the molecule is O=Cc1cccc(C2Nc3cccc4c(=O)[nH]nc(c34)C2c2cccc(C=O)c2)c1. The first kappa shape index (κ1) is 18.0. The zero-order chi connectivity index (χ0) is 20.7. The number of benzene rings is 3. The van der Waals surface area contributed by atoms with Gasteiger partial charge in [-0.25, -0.2) is 5.10 Å². The van der Waals surface area contributed by atoms with Gasteiger partial charge in [0.05, 0.1) is 23.0 Å². The Hall–Kier alpha value is -4.06. The van der Waals surface area contributed by atoms with E-state index in [0.717, 1.165) is 40.5 Å². The molecule has 2 unspecified atom stereocenters. The molecule has 0 fully saturated rings. The number of aromatic nitrogens is 2. The first-order chi connectivity index (χ1) is 14.7. The number of carbonyl (C=O) groups is 2. The van der Waals surface area contributed by atoms with Crippen LogP contribution < -0.4 is 10.9 Å². The largest absolute Gasteiger partial charge is 0.377 e. The Morgan fingerprint density at radius 1 is 0.833 bits per heavy atom. The molecule has 1 aliphatic rings. The van der Waals surface area contributed by atoms with E-state index < -0.39 is 0 Å². The van der Waals surface area contributed by atoms with Crippen LogP contribution in [-0.2, 0) is 0 Å². The number of H-pyrrole nitrogens is 1. The van der Waals surface area contributed by atoms with Crippen LogP contribution in [0, 0.1) is 0 Å². The minimum absolute atomic E-state index is 0.247. The maximum atomic E-state index is 12.4. The van der Waals surface area contributed by atoms with Crippen molar-refractivity contribution in [2.45, 2.75) is 12.0 Å². The van der Waals surface area contributed by atoms with Crippen molar-refractivity contribution in [1.82, 2.24) is 10.2 Å². The average Bonchev–Trinajstić information content (AvgIpc) is 2.81. The smallest absolute Gasteiger partial charge is 0.272 e. The molecular weight excluding hydrogens is 378 g/mol. The zero-order valence-corrected chi connectivity index (χ0v) is 15.8. The van der Waals surface area contributed by atoms with Crippen LogP contribution >= 0.6 is 0 Å². The summed E-state index contributed by atoms with van der Waals surface area (Å²) in [5.74, 6) is -0.277. The fourth-order valence-corrected chi connectivity index (χ4v) is 4.28. The highest BCUT2D eigenvalue weighted by atomic mass is 16.1. The lowest BCUT2D eigenvalue weighted by Gasteiger charge is -2.35. The molecule has 4 aromatic rings. The summed E-state index contributed by atoms with van der Waals surface area (Å²) in [6, 6.07) is 20.0. The van der Waals surface area contributed by atoms with Crippen molar-refractivity contribution < 1.29 is 9.59 Å². The van der Waals surface area contributed by atoms with Gasteiger partial charge in [0.1, 0.15) is 12.6 Å². The maximum absolute atomic E-state index is 12.4. The Balaban J connectivity index is 1.80. The minimum Gasteiger partial charge on any atom is -0.377 e. The summed E-state index contributed by atoms with van der Waals surface area (Å²) in [6.45, 7) is 0. The van der Waals surface area contributed by atoms with Crippen molar-refractivity contribution in [2.75, 3.05) is 5.32 Å². The quantitative estimate of drug-likeness (QED) is 0.512. The predicted molar refractivity (Wildman–Crippen MR) is 114 cm³/mol. The molecule has 2 atom stereocenters. The van der Waals surface area contributed by atoms with E-state index in [2.05, 4.69) is 15.5 Å². The Kier molecular flexibility index (Phi) is 4.25. The lowest BCUT2D eigenvalue weighted by molar-refractivity contribution is 0.111. The summed E-state index contributed by atoms with van der Waals surface area (Å²) in [6.07, 6.45) is 1.63. The monoisotopic (exact) mass is 395 g/mol. The Bertz CT molecular complexity index is 1360. The fraction of sp³-hybridized carbons (Fsp3) is 0.0833. The van der Waals surface area contributed by atoms with Crippen molar-refractivity contribution in [2.24, 2.45) is 0 Å². The molecule has 0 bridgehead atoms. The van der Waals surface area contributed by atoms with Crippen molar-refractivity contribution in [3.8, 4) is 0 Å². The van der Waals surface area contributed by atoms with Gasteiger partial charge in [0.2, 0.25) is 0 Å². The van der Waals surface area contributed by atoms with E-state index in [1.807, 2.05) is 48.5 Å². The third kappa shape index (κ3) is 2.81. The maximum Gasteiger partial charge on any atom is 0.272 e. The molecule has 0 spiro atoms. The van der Waals surface area contributed by atoms with Crippen LogP contribution in [0.25, 0.3) is 10.8 Å². The highest BCUT2D eigenvalue weighted by molar-refractivity contribution is 5.97.